The topological polar surface area (TPSA) is 108 Å². The van der Waals surface area contributed by atoms with Gasteiger partial charge in [0.15, 0.2) is 6.10 Å². The van der Waals surface area contributed by atoms with Gasteiger partial charge in [-0.15, -0.1) is 0 Å². The van der Waals surface area contributed by atoms with Crippen LogP contribution in [0.4, 0.5) is 0 Å². The number of nitrogens with zero attached hydrogens (tertiary/aromatic N) is 1. The van der Waals surface area contributed by atoms with Gasteiger partial charge in [-0.05, 0) is 148 Å². The summed E-state index contributed by atoms with van der Waals surface area (Å²) in [6, 6.07) is 0. The lowest BCUT2D eigenvalue weighted by Gasteiger charge is -2.24. The fourth-order valence-electron chi connectivity index (χ4n) is 8.20. The van der Waals surface area contributed by atoms with Gasteiger partial charge in [-0.2, -0.15) is 0 Å². The highest BCUT2D eigenvalue weighted by atomic mass is 31.2. The molecule has 10 heteroatoms. The van der Waals surface area contributed by atoms with Crippen LogP contribution in [-0.4, -0.2) is 74.9 Å². The first-order valence-electron chi connectivity index (χ1n) is 33.8. The quantitative estimate of drug-likeness (QED) is 0.0211. The number of carbonyl (C=O) groups is 2. The van der Waals surface area contributed by atoms with Crippen molar-refractivity contribution in [3.8, 4) is 0 Å². The van der Waals surface area contributed by atoms with Gasteiger partial charge in [0, 0.05) is 12.8 Å². The van der Waals surface area contributed by atoms with E-state index in [2.05, 4.69) is 220 Å². The molecule has 2 unspecified atom stereocenters. The highest BCUT2D eigenvalue weighted by Gasteiger charge is 2.27. The number of allylic oxidation sites excluding steroid dienone is 34. The van der Waals surface area contributed by atoms with Crippen LogP contribution in [0, 0.1) is 0 Å². The Hall–Kier alpha value is -5.41. The lowest BCUT2D eigenvalue weighted by molar-refractivity contribution is -0.870. The summed E-state index contributed by atoms with van der Waals surface area (Å²) in [5.74, 6) is -0.855. The van der Waals surface area contributed by atoms with Gasteiger partial charge in [0.2, 0.25) is 0 Å². The van der Waals surface area contributed by atoms with E-state index in [1.54, 1.807) is 0 Å². The van der Waals surface area contributed by atoms with Crippen LogP contribution < -0.4 is 0 Å². The molecule has 0 radical (unpaired) electrons. The number of quaternary nitrogens is 1. The SMILES string of the molecule is CC/C=C\C/C=C\C/C=C\C/C=C\C/C=C\C/C=C\C/C=C\C/C=C\C/C=C\C/C=C\CCCCCCCCC(=O)OC(COC(=O)CCCCCCC/C=C\C/C=C\C/C=C\C/C=C\C/C=C\C/C=C\C/C=C\CC)COP(=O)(O)OCC[N+](C)(C)C. The zero-order valence-electron chi connectivity index (χ0n) is 55.9. The lowest BCUT2D eigenvalue weighted by Crippen LogP contribution is -2.37. The Kier molecular flexibility index (Phi) is 62.0. The van der Waals surface area contributed by atoms with E-state index in [4.69, 9.17) is 18.5 Å². The number of esters is 2. The molecule has 0 aliphatic carbocycles. The normalized spacial score (nSPS) is 14.5. The summed E-state index contributed by atoms with van der Waals surface area (Å²) in [6.07, 6.45) is 105. The number of phosphoric ester groups is 1. The maximum absolute atomic E-state index is 12.9. The van der Waals surface area contributed by atoms with E-state index in [9.17, 15) is 19.0 Å². The minimum absolute atomic E-state index is 0.0125. The van der Waals surface area contributed by atoms with E-state index >= 15 is 0 Å². The van der Waals surface area contributed by atoms with Crippen molar-refractivity contribution in [3.05, 3.63) is 207 Å². The van der Waals surface area contributed by atoms with E-state index < -0.39 is 32.5 Å². The van der Waals surface area contributed by atoms with E-state index in [0.717, 1.165) is 180 Å². The number of phosphoric acid groups is 1. The summed E-state index contributed by atoms with van der Waals surface area (Å²) < 4.78 is 34.6. The van der Waals surface area contributed by atoms with Gasteiger partial charge in [0.1, 0.15) is 19.8 Å². The Labute approximate surface area is 538 Å². The molecule has 0 aromatic carbocycles. The summed E-state index contributed by atoms with van der Waals surface area (Å²) in [5.41, 5.74) is 0. The van der Waals surface area contributed by atoms with Crippen molar-refractivity contribution in [2.45, 2.75) is 225 Å². The molecule has 0 aliphatic rings. The number of likely N-dealkylation sites (N-methyl/N-ethyl adjacent to an activating group) is 1. The van der Waals surface area contributed by atoms with Gasteiger partial charge < -0.3 is 18.9 Å². The first-order valence-corrected chi connectivity index (χ1v) is 35.3. The molecule has 1 N–H and O–H groups in total. The van der Waals surface area contributed by atoms with Gasteiger partial charge in [-0.1, -0.05) is 265 Å². The summed E-state index contributed by atoms with van der Waals surface area (Å²) in [6.45, 7) is 4.13. The molecule has 2 atom stereocenters. The molecular weight excluding hydrogens is 1110 g/mol. The van der Waals surface area contributed by atoms with Crippen molar-refractivity contribution in [1.82, 2.24) is 0 Å². The minimum Gasteiger partial charge on any atom is -0.462 e. The molecule has 492 valence electrons. The largest absolute Gasteiger partial charge is 0.472 e. The summed E-state index contributed by atoms with van der Waals surface area (Å²) >= 11 is 0. The highest BCUT2D eigenvalue weighted by Crippen LogP contribution is 2.43. The molecule has 0 aromatic rings. The molecule has 88 heavy (non-hydrogen) atoms. The molecule has 0 aromatic heterocycles. The van der Waals surface area contributed by atoms with Crippen molar-refractivity contribution in [2.24, 2.45) is 0 Å². The smallest absolute Gasteiger partial charge is 0.462 e. The maximum atomic E-state index is 12.9. The van der Waals surface area contributed by atoms with Crippen LogP contribution in [0.1, 0.15) is 219 Å². The van der Waals surface area contributed by atoms with E-state index in [1.807, 2.05) is 21.1 Å². The van der Waals surface area contributed by atoms with E-state index in [-0.39, 0.29) is 26.1 Å². The molecule has 0 saturated heterocycles. The Morgan fingerprint density at radius 2 is 0.614 bits per heavy atom. The van der Waals surface area contributed by atoms with Crippen molar-refractivity contribution in [1.29, 1.82) is 0 Å². The standard InChI is InChI=1S/C78H122NO8P/c1-6-8-10-12-14-16-18-20-22-24-26-28-30-32-34-35-36-37-38-39-40-41-42-43-45-47-49-51-53-55-57-59-61-63-65-67-69-71-78(81)87-76(75-86-88(82,83)85-73-72-79(3,4)5)74-84-77(80)70-68-66-64-62-60-58-56-54-52-50-48-46-44-33-31-29-27-25-23-21-19-17-15-13-11-9-7-2/h8-11,14-17,20-23,26-29,32-34,36-37,39-40,42-44,47-50,53-56,76H,6-7,12-13,18-19,24-25,30-31,35,38,41,45-46,51-52,57-75H2,1-5H3/p+1/b10-8-,11-9-,16-14-,17-15-,22-20-,23-21-,28-26-,29-27-,34-32-,37-36-,40-39-,43-42-,44-33-,49-47-,50-48-,55-53-,56-54-. The van der Waals surface area contributed by atoms with Crippen LogP contribution in [-0.2, 0) is 32.7 Å². The Balaban J connectivity index is 4.25. The third-order valence-corrected chi connectivity index (χ3v) is 14.3. The van der Waals surface area contributed by atoms with Crippen molar-refractivity contribution >= 4 is 19.8 Å². The second kappa shape index (κ2) is 66.0. The molecule has 0 amide bonds. The molecule has 0 heterocycles. The molecule has 0 saturated carbocycles. The third kappa shape index (κ3) is 69.7. The van der Waals surface area contributed by atoms with Crippen LogP contribution in [0.2, 0.25) is 0 Å². The molecule has 0 aliphatic heterocycles. The average molecular weight is 1230 g/mol. The van der Waals surface area contributed by atoms with Crippen LogP contribution >= 0.6 is 7.82 Å². The van der Waals surface area contributed by atoms with Gasteiger partial charge in [0.25, 0.3) is 0 Å². The lowest BCUT2D eigenvalue weighted by atomic mass is 10.1. The number of rotatable bonds is 59. The Morgan fingerprint density at radius 1 is 0.352 bits per heavy atom. The van der Waals surface area contributed by atoms with Crippen molar-refractivity contribution < 1.29 is 42.1 Å². The zero-order valence-corrected chi connectivity index (χ0v) is 56.8. The van der Waals surface area contributed by atoms with Crippen LogP contribution in [0.25, 0.3) is 0 Å². The first kappa shape index (κ1) is 82.6. The summed E-state index contributed by atoms with van der Waals surface area (Å²) in [5, 5.41) is 0. The fourth-order valence-corrected chi connectivity index (χ4v) is 8.94. The fraction of sp³-hybridized carbons (Fsp3) is 0.538. The predicted octanol–water partition coefficient (Wildman–Crippen LogP) is 22.3. The zero-order chi connectivity index (χ0) is 64.1. The maximum Gasteiger partial charge on any atom is 0.472 e. The number of hydrogen-bond acceptors (Lipinski definition) is 7. The van der Waals surface area contributed by atoms with Crippen LogP contribution in [0.15, 0.2) is 207 Å². The van der Waals surface area contributed by atoms with Gasteiger partial charge >= 0.3 is 19.8 Å². The number of ether oxygens (including phenoxy) is 2. The molecule has 0 fully saturated rings. The highest BCUT2D eigenvalue weighted by molar-refractivity contribution is 7.47. The second-order valence-electron chi connectivity index (χ2n) is 22.7. The van der Waals surface area contributed by atoms with Crippen LogP contribution in [0.5, 0.6) is 0 Å². The monoisotopic (exact) mass is 1230 g/mol. The minimum atomic E-state index is -4.42. The summed E-state index contributed by atoms with van der Waals surface area (Å²) in [4.78, 5) is 35.8. The van der Waals surface area contributed by atoms with Crippen LogP contribution in [0.3, 0.4) is 0 Å². The molecule has 9 nitrogen and oxygen atoms in total. The van der Waals surface area contributed by atoms with Crippen molar-refractivity contribution in [3.63, 3.8) is 0 Å². The molecule has 0 spiro atoms. The average Bonchev–Trinajstić information content (AvgIpc) is 3.68. The van der Waals surface area contributed by atoms with E-state index in [1.165, 1.54) is 0 Å². The third-order valence-electron chi connectivity index (χ3n) is 13.3. The van der Waals surface area contributed by atoms with Gasteiger partial charge in [-0.25, -0.2) is 4.57 Å². The Morgan fingerprint density at radius 3 is 0.909 bits per heavy atom. The molecular formula is C78H123NO8P+. The second-order valence-corrected chi connectivity index (χ2v) is 24.2. The van der Waals surface area contributed by atoms with Gasteiger partial charge in [0.05, 0.1) is 27.7 Å². The van der Waals surface area contributed by atoms with Gasteiger partial charge in [-0.3, -0.25) is 18.6 Å². The van der Waals surface area contributed by atoms with Crippen molar-refractivity contribution in [2.75, 3.05) is 47.5 Å². The first-order chi connectivity index (χ1) is 43.0. The molecule has 0 bridgehead atoms. The summed E-state index contributed by atoms with van der Waals surface area (Å²) in [7, 11) is 1.42. The Bertz CT molecular complexity index is 2240. The molecule has 0 rings (SSSR count). The predicted molar refractivity (Wildman–Crippen MR) is 380 cm³/mol. The number of hydrogen-bond donors (Lipinski definition) is 1. The number of unbranched alkanes of at least 4 members (excludes halogenated alkanes) is 11. The number of carbonyl (C=O) groups excluding carboxylic acids is 2. The van der Waals surface area contributed by atoms with E-state index in [0.29, 0.717) is 23.9 Å².